The fourth-order valence-electron chi connectivity index (χ4n) is 5.49. The summed E-state index contributed by atoms with van der Waals surface area (Å²) in [5.74, 6) is 3.99. The fourth-order valence-corrected chi connectivity index (χ4v) is 6.25. The summed E-state index contributed by atoms with van der Waals surface area (Å²) >= 11 is 1.59. The normalized spacial score (nSPS) is 37.0. The number of amides is 2. The molecule has 132 valence electrons. The van der Waals surface area contributed by atoms with Crippen LogP contribution in [0.2, 0.25) is 0 Å². The molecule has 0 aromatic carbocycles. The van der Waals surface area contributed by atoms with Crippen molar-refractivity contribution in [3.8, 4) is 0 Å². The van der Waals surface area contributed by atoms with Crippen molar-refractivity contribution in [2.75, 3.05) is 11.9 Å². The quantitative estimate of drug-likeness (QED) is 0.778. The summed E-state index contributed by atoms with van der Waals surface area (Å²) in [4.78, 5) is 17.7. The zero-order valence-electron chi connectivity index (χ0n) is 14.5. The van der Waals surface area contributed by atoms with E-state index in [1.54, 1.807) is 16.8 Å². The average molecular weight is 349 g/mol. The number of nitrogens with zero attached hydrogens (tertiary/aromatic N) is 1. The number of hydrogen-bond donors (Lipinski definition) is 3. The third-order valence-corrected chi connectivity index (χ3v) is 7.69. The van der Waals surface area contributed by atoms with Crippen LogP contribution in [0.25, 0.3) is 0 Å². The molecule has 0 atom stereocenters. The van der Waals surface area contributed by atoms with Crippen molar-refractivity contribution >= 4 is 23.2 Å². The van der Waals surface area contributed by atoms with Crippen LogP contribution in [0.1, 0.15) is 56.7 Å². The molecule has 4 N–H and O–H groups in total. The minimum absolute atomic E-state index is 0.179. The van der Waals surface area contributed by atoms with Gasteiger partial charge in [0.1, 0.15) is 5.82 Å². The summed E-state index contributed by atoms with van der Waals surface area (Å²) in [6, 6.07) is -0.179. The van der Waals surface area contributed by atoms with Crippen LogP contribution in [-0.4, -0.2) is 23.1 Å². The van der Waals surface area contributed by atoms with Crippen LogP contribution < -0.4 is 16.4 Å². The van der Waals surface area contributed by atoms with E-state index in [9.17, 15) is 4.79 Å². The fraction of sp³-hybridized carbons (Fsp3) is 0.778. The predicted molar refractivity (Wildman–Crippen MR) is 97.2 cm³/mol. The van der Waals surface area contributed by atoms with Crippen LogP contribution in [0.15, 0.2) is 5.51 Å². The van der Waals surface area contributed by atoms with Crippen LogP contribution in [-0.2, 0) is 0 Å². The maximum atomic E-state index is 12.3. The van der Waals surface area contributed by atoms with E-state index in [-0.39, 0.29) is 11.6 Å². The van der Waals surface area contributed by atoms with E-state index in [4.69, 9.17) is 5.73 Å². The highest BCUT2D eigenvalue weighted by Crippen LogP contribution is 2.57. The Kier molecular flexibility index (Phi) is 4.07. The lowest BCUT2D eigenvalue weighted by Gasteiger charge is -2.59. The Morgan fingerprint density at radius 3 is 2.50 bits per heavy atom. The van der Waals surface area contributed by atoms with Gasteiger partial charge in [0.2, 0.25) is 0 Å². The van der Waals surface area contributed by atoms with E-state index in [1.165, 1.54) is 32.1 Å². The molecule has 1 heterocycles. The molecule has 5 rings (SSSR count). The van der Waals surface area contributed by atoms with Crippen LogP contribution >= 0.6 is 11.3 Å². The largest absolute Gasteiger partial charge is 0.336 e. The number of thiazole rings is 1. The van der Waals surface area contributed by atoms with Gasteiger partial charge in [0.15, 0.2) is 0 Å². The Balaban J connectivity index is 1.38. The van der Waals surface area contributed by atoms with Crippen LogP contribution in [0.4, 0.5) is 10.6 Å². The smallest absolute Gasteiger partial charge is 0.320 e. The lowest BCUT2D eigenvalue weighted by molar-refractivity contribution is -0.0528. The molecule has 4 saturated carbocycles. The van der Waals surface area contributed by atoms with Crippen molar-refractivity contribution in [3.63, 3.8) is 0 Å². The molecule has 0 radical (unpaired) electrons. The third-order valence-electron chi connectivity index (χ3n) is 6.56. The first-order valence-corrected chi connectivity index (χ1v) is 10.1. The molecule has 5 nitrogen and oxygen atoms in total. The standard InChI is InChI=1S/C18H28N4OS/c1-10(2)15-16(21-9-24-15)22-17(23)20-8-18(19)13-4-11-3-12(6-13)7-14(18)5-11/h9-14H,3-8,19H2,1-2H3,(H2,20,22,23). The van der Waals surface area contributed by atoms with Gasteiger partial charge in [0.05, 0.1) is 10.4 Å². The molecule has 2 amide bonds. The SMILES string of the molecule is CC(C)c1scnc1NC(=O)NCC1(N)C2CC3CC(C2)CC1C3. The van der Waals surface area contributed by atoms with Gasteiger partial charge in [-0.05, 0) is 61.7 Å². The number of carbonyl (C=O) groups excluding carboxylic acids is 1. The van der Waals surface area contributed by atoms with E-state index < -0.39 is 0 Å². The lowest BCUT2D eigenvalue weighted by Crippen LogP contribution is -2.67. The third kappa shape index (κ3) is 2.73. The molecule has 0 spiro atoms. The molecule has 0 unspecified atom stereocenters. The van der Waals surface area contributed by atoms with Gasteiger partial charge in [-0.25, -0.2) is 9.78 Å². The second kappa shape index (κ2) is 5.99. The molecular formula is C18H28N4OS. The lowest BCUT2D eigenvalue weighted by atomic mass is 9.49. The summed E-state index contributed by atoms with van der Waals surface area (Å²) in [5, 5.41) is 5.95. The molecule has 4 bridgehead atoms. The van der Waals surface area contributed by atoms with Gasteiger partial charge in [-0.2, -0.15) is 0 Å². The van der Waals surface area contributed by atoms with Gasteiger partial charge < -0.3 is 11.1 Å². The molecule has 1 aromatic heterocycles. The van der Waals surface area contributed by atoms with Gasteiger partial charge in [-0.3, -0.25) is 5.32 Å². The van der Waals surface area contributed by atoms with E-state index >= 15 is 0 Å². The Bertz CT molecular complexity index is 598. The number of hydrogen-bond acceptors (Lipinski definition) is 4. The zero-order valence-corrected chi connectivity index (χ0v) is 15.4. The number of aromatic nitrogens is 1. The first-order valence-electron chi connectivity index (χ1n) is 9.22. The maximum Gasteiger partial charge on any atom is 0.320 e. The highest BCUT2D eigenvalue weighted by Gasteiger charge is 2.55. The minimum Gasteiger partial charge on any atom is -0.336 e. The number of anilines is 1. The second-order valence-corrected chi connectivity index (χ2v) is 9.33. The first kappa shape index (κ1) is 16.3. The molecule has 4 fully saturated rings. The van der Waals surface area contributed by atoms with Crippen molar-refractivity contribution in [1.29, 1.82) is 0 Å². The second-order valence-electron chi connectivity index (χ2n) is 8.44. The van der Waals surface area contributed by atoms with Gasteiger partial charge in [-0.15, -0.1) is 11.3 Å². The van der Waals surface area contributed by atoms with Crippen LogP contribution in [0.5, 0.6) is 0 Å². The van der Waals surface area contributed by atoms with Crippen molar-refractivity contribution in [2.45, 2.75) is 57.4 Å². The Morgan fingerprint density at radius 1 is 1.29 bits per heavy atom. The van der Waals surface area contributed by atoms with E-state index in [1.807, 2.05) is 0 Å². The Labute approximate surface area is 147 Å². The van der Waals surface area contributed by atoms with Crippen molar-refractivity contribution in [2.24, 2.45) is 29.4 Å². The van der Waals surface area contributed by atoms with Gasteiger partial charge in [0, 0.05) is 12.1 Å². The van der Waals surface area contributed by atoms with E-state index in [2.05, 4.69) is 29.5 Å². The maximum absolute atomic E-state index is 12.3. The zero-order chi connectivity index (χ0) is 16.9. The van der Waals surface area contributed by atoms with E-state index in [0.717, 1.165) is 16.7 Å². The van der Waals surface area contributed by atoms with Crippen LogP contribution in [0, 0.1) is 23.7 Å². The topological polar surface area (TPSA) is 80.0 Å². The molecule has 0 aliphatic heterocycles. The molecule has 4 aliphatic rings. The summed E-state index contributed by atoms with van der Waals surface area (Å²) in [7, 11) is 0. The Morgan fingerprint density at radius 2 is 1.92 bits per heavy atom. The van der Waals surface area contributed by atoms with Crippen molar-refractivity contribution in [3.05, 3.63) is 10.4 Å². The number of urea groups is 1. The van der Waals surface area contributed by atoms with Crippen molar-refractivity contribution in [1.82, 2.24) is 10.3 Å². The number of rotatable bonds is 4. The average Bonchev–Trinajstić information content (AvgIpc) is 2.98. The van der Waals surface area contributed by atoms with Gasteiger partial charge >= 0.3 is 6.03 Å². The predicted octanol–water partition coefficient (Wildman–Crippen LogP) is 3.54. The Hall–Kier alpha value is -1.14. The molecule has 1 aromatic rings. The van der Waals surface area contributed by atoms with Gasteiger partial charge in [-0.1, -0.05) is 13.8 Å². The van der Waals surface area contributed by atoms with E-state index in [0.29, 0.717) is 30.1 Å². The number of nitrogens with one attached hydrogen (secondary N) is 2. The molecule has 6 heteroatoms. The summed E-state index contributed by atoms with van der Waals surface area (Å²) < 4.78 is 0. The summed E-state index contributed by atoms with van der Waals surface area (Å²) in [6.07, 6.45) is 6.46. The number of nitrogens with two attached hydrogens (primary N) is 1. The van der Waals surface area contributed by atoms with Gasteiger partial charge in [0.25, 0.3) is 0 Å². The monoisotopic (exact) mass is 348 g/mol. The molecule has 0 saturated heterocycles. The highest BCUT2D eigenvalue weighted by molar-refractivity contribution is 7.10. The molecule has 24 heavy (non-hydrogen) atoms. The van der Waals surface area contributed by atoms with Crippen molar-refractivity contribution < 1.29 is 4.79 Å². The molecule has 4 aliphatic carbocycles. The number of carbonyl (C=O) groups is 1. The minimum atomic E-state index is -0.215. The summed E-state index contributed by atoms with van der Waals surface area (Å²) in [6.45, 7) is 4.80. The molecular weight excluding hydrogens is 320 g/mol. The summed E-state index contributed by atoms with van der Waals surface area (Å²) in [5.41, 5.74) is 8.41. The van der Waals surface area contributed by atoms with Crippen LogP contribution in [0.3, 0.4) is 0 Å². The highest BCUT2D eigenvalue weighted by atomic mass is 32.1. The first-order chi connectivity index (χ1) is 11.5.